The highest BCUT2D eigenvalue weighted by Gasteiger charge is 2.09. The van der Waals surface area contributed by atoms with Gasteiger partial charge in [0.1, 0.15) is 0 Å². The monoisotopic (exact) mass is 214 g/mol. The number of aliphatic hydroxyl groups excluding tert-OH is 1. The third-order valence-electron chi connectivity index (χ3n) is 3.04. The van der Waals surface area contributed by atoms with Crippen LogP contribution in [0, 0.1) is 13.8 Å². The summed E-state index contributed by atoms with van der Waals surface area (Å²) in [6.07, 6.45) is 1.79. The standard InChI is InChI=1S/C15H18O/c1-11-9-12(2)14-6-3-7-15(14)13(10-11)5-4-8-16/h3,6-7,9-10,16H,4-5,8H2,1-2H3. The van der Waals surface area contributed by atoms with E-state index in [1.165, 1.54) is 27.8 Å². The molecule has 1 heteroatoms. The molecular weight excluding hydrogens is 196 g/mol. The van der Waals surface area contributed by atoms with E-state index < -0.39 is 0 Å². The van der Waals surface area contributed by atoms with E-state index in [9.17, 15) is 0 Å². The van der Waals surface area contributed by atoms with Gasteiger partial charge in [0.15, 0.2) is 0 Å². The molecule has 0 saturated heterocycles. The summed E-state index contributed by atoms with van der Waals surface area (Å²) >= 11 is 0. The fourth-order valence-corrected chi connectivity index (χ4v) is 2.33. The molecule has 0 radical (unpaired) electrons. The summed E-state index contributed by atoms with van der Waals surface area (Å²) in [6, 6.07) is 10.9. The first-order chi connectivity index (χ1) is 7.72. The minimum Gasteiger partial charge on any atom is -0.396 e. The molecule has 2 aliphatic carbocycles. The molecule has 0 aliphatic heterocycles. The van der Waals surface area contributed by atoms with Crippen molar-refractivity contribution in [2.24, 2.45) is 0 Å². The molecule has 16 heavy (non-hydrogen) atoms. The maximum atomic E-state index is 8.94. The van der Waals surface area contributed by atoms with E-state index in [1.54, 1.807) is 0 Å². The van der Waals surface area contributed by atoms with Gasteiger partial charge in [-0.2, -0.15) is 0 Å². The Labute approximate surface area is 97.1 Å². The molecule has 0 heterocycles. The molecule has 0 spiro atoms. The highest BCUT2D eigenvalue weighted by molar-refractivity contribution is 5.73. The Balaban J connectivity index is 2.53. The van der Waals surface area contributed by atoms with Crippen LogP contribution in [0.25, 0.3) is 11.1 Å². The lowest BCUT2D eigenvalue weighted by Crippen LogP contribution is -1.90. The van der Waals surface area contributed by atoms with E-state index in [2.05, 4.69) is 44.2 Å². The van der Waals surface area contributed by atoms with Gasteiger partial charge < -0.3 is 5.11 Å². The second kappa shape index (κ2) is 4.67. The number of hydrogen-bond donors (Lipinski definition) is 1. The molecule has 0 saturated carbocycles. The molecule has 1 nitrogen and oxygen atoms in total. The van der Waals surface area contributed by atoms with Gasteiger partial charge in [0.25, 0.3) is 0 Å². The fourth-order valence-electron chi connectivity index (χ4n) is 2.33. The third-order valence-corrected chi connectivity index (χ3v) is 3.04. The van der Waals surface area contributed by atoms with Gasteiger partial charge in [-0.1, -0.05) is 35.9 Å². The van der Waals surface area contributed by atoms with Crippen LogP contribution >= 0.6 is 0 Å². The Hall–Kier alpha value is -1.34. The summed E-state index contributed by atoms with van der Waals surface area (Å²) in [5.74, 6) is 0. The second-order valence-electron chi connectivity index (χ2n) is 4.42. The molecular formula is C15H18O. The van der Waals surface area contributed by atoms with Gasteiger partial charge in [-0.3, -0.25) is 0 Å². The molecule has 84 valence electrons. The van der Waals surface area contributed by atoms with Crippen molar-refractivity contribution >= 4 is 0 Å². The Morgan fingerprint density at radius 1 is 1.06 bits per heavy atom. The normalized spacial score (nSPS) is 10.9. The van der Waals surface area contributed by atoms with Crippen LogP contribution in [0.2, 0.25) is 0 Å². The van der Waals surface area contributed by atoms with Crippen molar-refractivity contribution < 1.29 is 5.11 Å². The molecule has 0 unspecified atom stereocenters. The van der Waals surface area contributed by atoms with Crippen LogP contribution < -0.4 is 0 Å². The lowest BCUT2D eigenvalue weighted by atomic mass is 10.0. The minimum absolute atomic E-state index is 0.263. The highest BCUT2D eigenvalue weighted by Crippen LogP contribution is 2.30. The second-order valence-corrected chi connectivity index (χ2v) is 4.42. The van der Waals surface area contributed by atoms with Crippen molar-refractivity contribution in [3.63, 3.8) is 0 Å². The first-order valence-corrected chi connectivity index (χ1v) is 5.82. The first-order valence-electron chi connectivity index (χ1n) is 5.82. The van der Waals surface area contributed by atoms with Crippen LogP contribution in [-0.4, -0.2) is 11.7 Å². The number of aliphatic hydroxyl groups is 1. The van der Waals surface area contributed by atoms with Crippen LogP contribution in [0.15, 0.2) is 30.3 Å². The van der Waals surface area contributed by atoms with E-state index in [0.717, 1.165) is 12.8 Å². The van der Waals surface area contributed by atoms with Gasteiger partial charge in [0.2, 0.25) is 0 Å². The van der Waals surface area contributed by atoms with E-state index in [0.29, 0.717) is 0 Å². The predicted octanol–water partition coefficient (Wildman–Crippen LogP) is 3.33. The summed E-state index contributed by atoms with van der Waals surface area (Å²) in [5, 5.41) is 8.94. The topological polar surface area (TPSA) is 20.2 Å². The average Bonchev–Trinajstić information content (AvgIpc) is 2.68. The van der Waals surface area contributed by atoms with Crippen molar-refractivity contribution in [1.29, 1.82) is 0 Å². The van der Waals surface area contributed by atoms with Gasteiger partial charge >= 0.3 is 0 Å². The van der Waals surface area contributed by atoms with Crippen molar-refractivity contribution in [3.05, 3.63) is 47.0 Å². The molecule has 0 atom stereocenters. The third kappa shape index (κ3) is 2.10. The molecule has 0 aromatic heterocycles. The molecule has 0 aromatic rings. The average molecular weight is 214 g/mol. The Kier molecular flexibility index (Phi) is 3.25. The van der Waals surface area contributed by atoms with Crippen molar-refractivity contribution in [1.82, 2.24) is 0 Å². The minimum atomic E-state index is 0.263. The summed E-state index contributed by atoms with van der Waals surface area (Å²) in [5.41, 5.74) is 6.63. The molecule has 0 amide bonds. The zero-order valence-corrected chi connectivity index (χ0v) is 9.96. The van der Waals surface area contributed by atoms with Gasteiger partial charge in [0, 0.05) is 6.61 Å². The van der Waals surface area contributed by atoms with E-state index in [1.807, 2.05) is 0 Å². The summed E-state index contributed by atoms with van der Waals surface area (Å²) < 4.78 is 0. The van der Waals surface area contributed by atoms with Crippen molar-refractivity contribution in [3.8, 4) is 11.1 Å². The molecule has 2 aliphatic rings. The van der Waals surface area contributed by atoms with E-state index >= 15 is 0 Å². The quantitative estimate of drug-likeness (QED) is 0.831. The van der Waals surface area contributed by atoms with Crippen molar-refractivity contribution in [2.75, 3.05) is 6.61 Å². The summed E-state index contributed by atoms with van der Waals surface area (Å²) in [4.78, 5) is 0. The van der Waals surface area contributed by atoms with Gasteiger partial charge in [0.05, 0.1) is 0 Å². The van der Waals surface area contributed by atoms with Gasteiger partial charge in [-0.05, 0) is 48.9 Å². The largest absolute Gasteiger partial charge is 0.396 e. The zero-order valence-electron chi connectivity index (χ0n) is 9.96. The highest BCUT2D eigenvalue weighted by atomic mass is 16.2. The number of rotatable bonds is 3. The van der Waals surface area contributed by atoms with Crippen LogP contribution in [-0.2, 0) is 6.42 Å². The summed E-state index contributed by atoms with van der Waals surface area (Å²) in [7, 11) is 0. The maximum absolute atomic E-state index is 8.94. The fraction of sp³-hybridized carbons (Fsp3) is 0.333. The first kappa shape index (κ1) is 11.2. The van der Waals surface area contributed by atoms with Crippen LogP contribution in [0.1, 0.15) is 23.1 Å². The summed E-state index contributed by atoms with van der Waals surface area (Å²) in [6.45, 7) is 4.55. The number of hydrogen-bond acceptors (Lipinski definition) is 1. The molecule has 0 fully saturated rings. The zero-order chi connectivity index (χ0) is 11.5. The number of fused-ring (bicyclic) bond motifs is 1. The Morgan fingerprint density at radius 2 is 1.81 bits per heavy atom. The van der Waals surface area contributed by atoms with Gasteiger partial charge in [-0.15, -0.1) is 0 Å². The predicted molar refractivity (Wildman–Crippen MR) is 67.9 cm³/mol. The van der Waals surface area contributed by atoms with Crippen LogP contribution in [0.3, 0.4) is 0 Å². The van der Waals surface area contributed by atoms with Crippen LogP contribution in [0.4, 0.5) is 0 Å². The molecule has 2 rings (SSSR count). The Morgan fingerprint density at radius 3 is 2.56 bits per heavy atom. The molecule has 0 bridgehead atoms. The molecule has 1 N–H and O–H groups in total. The maximum Gasteiger partial charge on any atom is 0.0434 e. The van der Waals surface area contributed by atoms with Crippen LogP contribution in [0.5, 0.6) is 0 Å². The lowest BCUT2D eigenvalue weighted by Gasteiger charge is -2.04. The van der Waals surface area contributed by atoms with E-state index in [-0.39, 0.29) is 6.61 Å². The van der Waals surface area contributed by atoms with Gasteiger partial charge in [-0.25, -0.2) is 0 Å². The van der Waals surface area contributed by atoms with E-state index in [4.69, 9.17) is 5.11 Å². The lowest BCUT2D eigenvalue weighted by molar-refractivity contribution is 0.288. The smallest absolute Gasteiger partial charge is 0.0434 e. The molecule has 0 aromatic carbocycles. The SMILES string of the molecule is Cc1cc(C)c2cccc-2c(CCCO)c1. The number of aryl methyl sites for hydroxylation is 3. The Bertz CT molecular complexity index is 459. The van der Waals surface area contributed by atoms with Crippen molar-refractivity contribution in [2.45, 2.75) is 26.7 Å².